The van der Waals surface area contributed by atoms with Crippen LogP contribution in [0, 0.1) is 23.3 Å². The van der Waals surface area contributed by atoms with Crippen LogP contribution in [0.25, 0.3) is 21.7 Å². The van der Waals surface area contributed by atoms with Gasteiger partial charge in [0.2, 0.25) is 0 Å². The van der Waals surface area contributed by atoms with Crippen molar-refractivity contribution in [2.45, 2.75) is 4.90 Å². The van der Waals surface area contributed by atoms with E-state index in [1.165, 1.54) is 12.4 Å². The number of thiazole rings is 1. The van der Waals surface area contributed by atoms with E-state index in [4.69, 9.17) is 4.74 Å². The highest BCUT2D eigenvalue weighted by Gasteiger charge is 2.33. The first kappa shape index (κ1) is 25.2. The zero-order valence-electron chi connectivity index (χ0n) is 17.7. The highest BCUT2D eigenvalue weighted by Crippen LogP contribution is 2.43. The number of pyridine rings is 1. The first-order valence-corrected chi connectivity index (χ1v) is 12.7. The molecule has 35 heavy (non-hydrogen) atoms. The van der Waals surface area contributed by atoms with Gasteiger partial charge in [-0.15, -0.1) is 11.3 Å². The Labute approximate surface area is 210 Å². The fourth-order valence-corrected chi connectivity index (χ4v) is 6.22. The zero-order valence-corrected chi connectivity index (χ0v) is 20.9. The Morgan fingerprint density at radius 1 is 1.03 bits per heavy atom. The van der Waals surface area contributed by atoms with E-state index < -0.39 is 56.2 Å². The van der Waals surface area contributed by atoms with Gasteiger partial charge in [-0.2, -0.15) is 0 Å². The molecule has 0 N–H and O–H groups in total. The number of nitrogens with zero attached hydrogens (tertiary/aromatic N) is 3. The van der Waals surface area contributed by atoms with Gasteiger partial charge in [0.05, 0.1) is 21.8 Å². The Bertz CT molecular complexity index is 1500. The van der Waals surface area contributed by atoms with Gasteiger partial charge in [-0.1, -0.05) is 0 Å². The normalized spacial score (nSPS) is 11.6. The van der Waals surface area contributed by atoms with Crippen molar-refractivity contribution in [3.05, 3.63) is 82.0 Å². The van der Waals surface area contributed by atoms with E-state index in [2.05, 4.69) is 25.9 Å². The Morgan fingerprint density at radius 2 is 1.71 bits per heavy atom. The second kappa shape index (κ2) is 10.0. The van der Waals surface area contributed by atoms with Crippen molar-refractivity contribution in [1.29, 1.82) is 0 Å². The van der Waals surface area contributed by atoms with Gasteiger partial charge in [0.25, 0.3) is 10.0 Å². The molecule has 182 valence electrons. The average molecular weight is 588 g/mol. The van der Waals surface area contributed by atoms with Gasteiger partial charge in [0.1, 0.15) is 29.1 Å². The summed E-state index contributed by atoms with van der Waals surface area (Å²) >= 11 is 4.33. The summed E-state index contributed by atoms with van der Waals surface area (Å²) in [5.41, 5.74) is -0.758. The Hall–Kier alpha value is -2.87. The SMILES string of the molecule is COCN(c1ccc(F)c(-c2nc(Br)sc2-c2ccncc2)c1F)S(=O)(=O)c1cc(F)ccc1F. The smallest absolute Gasteiger partial charge is 0.269 e. The molecule has 4 aromatic rings. The molecule has 6 nitrogen and oxygen atoms in total. The predicted octanol–water partition coefficient (Wildman–Crippen LogP) is 5.99. The van der Waals surface area contributed by atoms with Gasteiger partial charge in [-0.05, 0) is 64.0 Å². The predicted molar refractivity (Wildman–Crippen MR) is 126 cm³/mol. The second-order valence-corrected chi connectivity index (χ2v) is 11.1. The lowest BCUT2D eigenvalue weighted by atomic mass is 10.1. The molecule has 0 aliphatic rings. The topological polar surface area (TPSA) is 72.4 Å². The number of rotatable bonds is 7. The molecule has 0 atom stereocenters. The lowest BCUT2D eigenvalue weighted by Gasteiger charge is -2.25. The molecule has 4 rings (SSSR count). The second-order valence-electron chi connectivity index (χ2n) is 6.98. The molecule has 0 radical (unpaired) electrons. The van der Waals surface area contributed by atoms with Crippen molar-refractivity contribution in [1.82, 2.24) is 9.97 Å². The summed E-state index contributed by atoms with van der Waals surface area (Å²) in [5, 5.41) is 0. The van der Waals surface area contributed by atoms with Gasteiger partial charge < -0.3 is 4.74 Å². The third kappa shape index (κ3) is 4.81. The fraction of sp³-hybridized carbons (Fsp3) is 0.0909. The Kier molecular flexibility index (Phi) is 7.22. The van der Waals surface area contributed by atoms with Crippen molar-refractivity contribution in [2.75, 3.05) is 18.1 Å². The molecule has 0 saturated carbocycles. The summed E-state index contributed by atoms with van der Waals surface area (Å²) in [6, 6.07) is 6.82. The van der Waals surface area contributed by atoms with E-state index in [1.54, 1.807) is 12.1 Å². The number of hydrogen-bond acceptors (Lipinski definition) is 6. The molecule has 2 heterocycles. The Balaban J connectivity index is 1.93. The molecule has 0 unspecified atom stereocenters. The molecule has 0 aliphatic carbocycles. The highest BCUT2D eigenvalue weighted by molar-refractivity contribution is 9.11. The maximum Gasteiger partial charge on any atom is 0.269 e. The van der Waals surface area contributed by atoms with Crippen LogP contribution in [0.2, 0.25) is 0 Å². The molecule has 0 amide bonds. The minimum Gasteiger partial charge on any atom is -0.363 e. The number of halogens is 5. The molecule has 0 fully saturated rings. The molecule has 0 saturated heterocycles. The summed E-state index contributed by atoms with van der Waals surface area (Å²) < 4.78 is 91.0. The van der Waals surface area contributed by atoms with Crippen LogP contribution in [-0.2, 0) is 14.8 Å². The van der Waals surface area contributed by atoms with E-state index in [0.717, 1.165) is 36.6 Å². The van der Waals surface area contributed by atoms with E-state index in [9.17, 15) is 21.6 Å². The van der Waals surface area contributed by atoms with Crippen LogP contribution in [0.15, 0.2) is 63.7 Å². The molecular weight excluding hydrogens is 574 g/mol. The number of benzene rings is 2. The van der Waals surface area contributed by atoms with Gasteiger partial charge >= 0.3 is 0 Å². The molecular formula is C22H14BrF4N3O3S2. The summed E-state index contributed by atoms with van der Waals surface area (Å²) in [7, 11) is -3.73. The molecule has 0 spiro atoms. The minimum atomic E-state index is -4.87. The average Bonchev–Trinajstić information content (AvgIpc) is 3.21. The molecule has 2 aromatic carbocycles. The minimum absolute atomic E-state index is 0.0865. The lowest BCUT2D eigenvalue weighted by molar-refractivity contribution is 0.209. The third-order valence-corrected chi connectivity index (χ3v) is 8.13. The fourth-order valence-electron chi connectivity index (χ4n) is 3.29. The van der Waals surface area contributed by atoms with Crippen LogP contribution in [0.4, 0.5) is 23.2 Å². The quantitative estimate of drug-likeness (QED) is 0.196. The van der Waals surface area contributed by atoms with Gasteiger partial charge in [0, 0.05) is 19.5 Å². The molecule has 0 aliphatic heterocycles. The van der Waals surface area contributed by atoms with Crippen molar-refractivity contribution in [3.63, 3.8) is 0 Å². The first-order valence-electron chi connectivity index (χ1n) is 9.67. The van der Waals surface area contributed by atoms with Crippen molar-refractivity contribution in [3.8, 4) is 21.7 Å². The van der Waals surface area contributed by atoms with Crippen LogP contribution in [0.1, 0.15) is 0 Å². The largest absolute Gasteiger partial charge is 0.363 e. The summed E-state index contributed by atoms with van der Waals surface area (Å²) in [4.78, 5) is 7.48. The first-order chi connectivity index (χ1) is 16.6. The van der Waals surface area contributed by atoms with Gasteiger partial charge in [0.15, 0.2) is 9.73 Å². The number of methoxy groups -OCH3 is 1. The van der Waals surface area contributed by atoms with Crippen molar-refractivity contribution in [2.24, 2.45) is 0 Å². The molecule has 2 aromatic heterocycles. The van der Waals surface area contributed by atoms with E-state index in [-0.39, 0.29) is 5.69 Å². The van der Waals surface area contributed by atoms with Gasteiger partial charge in [-0.25, -0.2) is 35.3 Å². The number of sulfonamides is 1. The van der Waals surface area contributed by atoms with E-state index in [0.29, 0.717) is 30.8 Å². The van der Waals surface area contributed by atoms with Crippen LogP contribution in [0.5, 0.6) is 0 Å². The Morgan fingerprint density at radius 3 is 2.40 bits per heavy atom. The standard InChI is InChI=1S/C22H14BrF4N3O3S2/c1-33-11-30(35(31,32)17-10-13(24)2-3-14(17)25)16-5-4-15(26)18(19(16)27)20-21(34-22(23)29-20)12-6-8-28-9-7-12/h2-10H,11H2,1H3. The number of ether oxygens (including phenoxy) is 1. The third-order valence-electron chi connectivity index (χ3n) is 4.83. The summed E-state index contributed by atoms with van der Waals surface area (Å²) in [6.45, 7) is -0.766. The zero-order chi connectivity index (χ0) is 25.3. The summed E-state index contributed by atoms with van der Waals surface area (Å²) in [5.74, 6) is -4.56. The van der Waals surface area contributed by atoms with Crippen LogP contribution in [0.3, 0.4) is 0 Å². The number of hydrogen-bond donors (Lipinski definition) is 0. The van der Waals surface area contributed by atoms with Crippen molar-refractivity contribution < 1.29 is 30.7 Å². The van der Waals surface area contributed by atoms with Crippen LogP contribution in [-0.4, -0.2) is 32.2 Å². The van der Waals surface area contributed by atoms with E-state index in [1.807, 2.05) is 0 Å². The lowest BCUT2D eigenvalue weighted by Crippen LogP contribution is -2.34. The molecule has 0 bridgehead atoms. The number of anilines is 1. The van der Waals surface area contributed by atoms with E-state index >= 15 is 4.39 Å². The maximum atomic E-state index is 15.9. The highest BCUT2D eigenvalue weighted by atomic mass is 79.9. The maximum absolute atomic E-state index is 15.9. The molecule has 13 heteroatoms. The van der Waals surface area contributed by atoms with Gasteiger partial charge in [-0.3, -0.25) is 4.98 Å². The summed E-state index contributed by atoms with van der Waals surface area (Å²) in [6.07, 6.45) is 2.99. The monoisotopic (exact) mass is 587 g/mol. The number of aromatic nitrogens is 2. The van der Waals surface area contributed by atoms with Crippen LogP contribution < -0.4 is 4.31 Å². The van der Waals surface area contributed by atoms with Crippen LogP contribution >= 0.6 is 27.3 Å². The van der Waals surface area contributed by atoms with Crippen molar-refractivity contribution >= 4 is 43.0 Å².